The fourth-order valence-corrected chi connectivity index (χ4v) is 2.20. The monoisotopic (exact) mass is 341 g/mol. The van der Waals surface area contributed by atoms with Gasteiger partial charge in [0.1, 0.15) is 6.04 Å². The third-order valence-electron chi connectivity index (χ3n) is 3.40. The summed E-state index contributed by atoms with van der Waals surface area (Å²) in [4.78, 5) is 24.6. The summed E-state index contributed by atoms with van der Waals surface area (Å²) in [7, 11) is 0. The van der Waals surface area contributed by atoms with Crippen molar-refractivity contribution in [2.24, 2.45) is 11.7 Å². The Morgan fingerprint density at radius 1 is 1.22 bits per heavy atom. The number of hydrogen-bond donors (Lipinski definition) is 3. The van der Waals surface area contributed by atoms with Crippen molar-refractivity contribution in [2.75, 3.05) is 13.1 Å². The van der Waals surface area contributed by atoms with Crippen LogP contribution in [-0.2, 0) is 4.79 Å². The van der Waals surface area contributed by atoms with Crippen molar-refractivity contribution in [3.05, 3.63) is 35.4 Å². The van der Waals surface area contributed by atoms with Gasteiger partial charge in [-0.25, -0.2) is 0 Å². The van der Waals surface area contributed by atoms with Crippen molar-refractivity contribution in [3.63, 3.8) is 0 Å². The van der Waals surface area contributed by atoms with Crippen LogP contribution in [0.1, 0.15) is 42.6 Å². The minimum atomic E-state index is -0.523. The lowest BCUT2D eigenvalue weighted by atomic mass is 10.0. The molecular formula is C17H28ClN3O2. The van der Waals surface area contributed by atoms with E-state index < -0.39 is 6.04 Å². The summed E-state index contributed by atoms with van der Waals surface area (Å²) < 4.78 is 0. The number of hydrogen-bond acceptors (Lipinski definition) is 3. The maximum Gasteiger partial charge on any atom is 0.252 e. The summed E-state index contributed by atoms with van der Waals surface area (Å²) in [5.41, 5.74) is 6.92. The van der Waals surface area contributed by atoms with Crippen LogP contribution in [0.4, 0.5) is 0 Å². The number of aryl methyl sites for hydroxylation is 1. The van der Waals surface area contributed by atoms with E-state index in [1.165, 1.54) is 0 Å². The molecule has 130 valence electrons. The molecule has 23 heavy (non-hydrogen) atoms. The summed E-state index contributed by atoms with van der Waals surface area (Å²) >= 11 is 0. The van der Waals surface area contributed by atoms with Gasteiger partial charge >= 0.3 is 0 Å². The van der Waals surface area contributed by atoms with Crippen LogP contribution in [0.25, 0.3) is 0 Å². The fourth-order valence-electron chi connectivity index (χ4n) is 2.20. The molecule has 0 aliphatic carbocycles. The molecule has 2 amide bonds. The van der Waals surface area contributed by atoms with Gasteiger partial charge in [0.2, 0.25) is 5.91 Å². The number of carbonyl (C=O) groups excluding carboxylic acids is 2. The molecule has 4 N–H and O–H groups in total. The molecule has 0 fully saturated rings. The molecule has 0 saturated heterocycles. The van der Waals surface area contributed by atoms with Crippen LogP contribution in [0, 0.1) is 12.8 Å². The van der Waals surface area contributed by atoms with Gasteiger partial charge in [-0.3, -0.25) is 9.59 Å². The van der Waals surface area contributed by atoms with E-state index in [-0.39, 0.29) is 24.2 Å². The zero-order valence-electron chi connectivity index (χ0n) is 14.1. The molecule has 0 heterocycles. The van der Waals surface area contributed by atoms with Crippen molar-refractivity contribution in [2.45, 2.75) is 39.7 Å². The zero-order valence-corrected chi connectivity index (χ0v) is 14.9. The Morgan fingerprint density at radius 2 is 1.87 bits per heavy atom. The minimum absolute atomic E-state index is 0. The lowest BCUT2D eigenvalue weighted by Gasteiger charge is -2.20. The average Bonchev–Trinajstić information content (AvgIpc) is 2.46. The van der Waals surface area contributed by atoms with Crippen molar-refractivity contribution in [3.8, 4) is 0 Å². The van der Waals surface area contributed by atoms with Crippen molar-refractivity contribution >= 4 is 24.2 Å². The Balaban J connectivity index is 0.00000484. The number of carbonyl (C=O) groups is 2. The molecule has 1 unspecified atom stereocenters. The van der Waals surface area contributed by atoms with Gasteiger partial charge in [-0.2, -0.15) is 0 Å². The first-order valence-electron chi connectivity index (χ1n) is 7.80. The number of nitrogens with two attached hydrogens (primary N) is 1. The number of halogens is 1. The van der Waals surface area contributed by atoms with E-state index in [1.54, 1.807) is 6.07 Å². The van der Waals surface area contributed by atoms with Gasteiger partial charge in [-0.1, -0.05) is 32.0 Å². The van der Waals surface area contributed by atoms with Gasteiger partial charge in [-0.05, 0) is 43.9 Å². The van der Waals surface area contributed by atoms with Crippen LogP contribution >= 0.6 is 12.4 Å². The molecule has 0 saturated carbocycles. The second kappa shape index (κ2) is 11.0. The lowest BCUT2D eigenvalue weighted by Crippen LogP contribution is -2.47. The molecule has 1 aromatic rings. The number of nitrogens with one attached hydrogen (secondary N) is 2. The van der Waals surface area contributed by atoms with Crippen molar-refractivity contribution in [1.29, 1.82) is 0 Å². The molecule has 0 aliphatic rings. The third-order valence-corrected chi connectivity index (χ3v) is 3.40. The van der Waals surface area contributed by atoms with Crippen LogP contribution in [0.2, 0.25) is 0 Å². The molecule has 5 nitrogen and oxygen atoms in total. The summed E-state index contributed by atoms with van der Waals surface area (Å²) in [5, 5.41) is 5.68. The fraction of sp³-hybridized carbons (Fsp3) is 0.529. The second-order valence-electron chi connectivity index (χ2n) is 5.90. The highest BCUT2D eigenvalue weighted by Crippen LogP contribution is 2.10. The molecule has 1 atom stereocenters. The largest absolute Gasteiger partial charge is 0.354 e. The van der Waals surface area contributed by atoms with E-state index in [1.807, 2.05) is 39.0 Å². The predicted octanol–water partition coefficient (Wildman–Crippen LogP) is 2.03. The predicted molar refractivity (Wildman–Crippen MR) is 95.8 cm³/mol. The second-order valence-corrected chi connectivity index (χ2v) is 5.90. The summed E-state index contributed by atoms with van der Waals surface area (Å²) in [6, 6.07) is 6.83. The van der Waals surface area contributed by atoms with Crippen molar-refractivity contribution in [1.82, 2.24) is 10.6 Å². The first-order valence-corrected chi connectivity index (χ1v) is 7.80. The standard InChI is InChI=1S/C17H27N3O2.ClH/c1-12(2)11-15(17(22)19-10-6-9-18)20-16(21)14-8-5-4-7-13(14)3;/h4-5,7-8,12,15H,6,9-11,18H2,1-3H3,(H,19,22)(H,20,21);1H. The van der Waals surface area contributed by atoms with Crippen LogP contribution < -0.4 is 16.4 Å². The SMILES string of the molecule is Cc1ccccc1C(=O)NC(CC(C)C)C(=O)NCCCN.Cl. The molecule has 6 heteroatoms. The molecule has 0 spiro atoms. The van der Waals surface area contributed by atoms with Gasteiger partial charge in [0.15, 0.2) is 0 Å². The average molecular weight is 342 g/mol. The highest BCUT2D eigenvalue weighted by Gasteiger charge is 2.22. The lowest BCUT2D eigenvalue weighted by molar-refractivity contribution is -0.123. The quantitative estimate of drug-likeness (QED) is 0.632. The zero-order chi connectivity index (χ0) is 16.5. The van der Waals surface area contributed by atoms with Gasteiger partial charge < -0.3 is 16.4 Å². The Kier molecular flexibility index (Phi) is 10.3. The van der Waals surface area contributed by atoms with Crippen molar-refractivity contribution < 1.29 is 9.59 Å². The topological polar surface area (TPSA) is 84.2 Å². The molecule has 0 aromatic heterocycles. The van der Waals surface area contributed by atoms with E-state index in [0.29, 0.717) is 31.0 Å². The van der Waals surface area contributed by atoms with Crippen LogP contribution in [0.15, 0.2) is 24.3 Å². The van der Waals surface area contributed by atoms with Gasteiger partial charge in [0.25, 0.3) is 5.91 Å². The Morgan fingerprint density at radius 3 is 2.43 bits per heavy atom. The minimum Gasteiger partial charge on any atom is -0.354 e. The maximum atomic E-state index is 12.4. The summed E-state index contributed by atoms with van der Waals surface area (Å²) in [5.74, 6) is -0.0516. The van der Waals surface area contributed by atoms with Gasteiger partial charge in [-0.15, -0.1) is 12.4 Å². The normalized spacial score (nSPS) is 11.5. The smallest absolute Gasteiger partial charge is 0.252 e. The summed E-state index contributed by atoms with van der Waals surface area (Å²) in [6.07, 6.45) is 1.33. The van der Waals surface area contributed by atoms with Crippen LogP contribution in [0.5, 0.6) is 0 Å². The molecule has 0 bridgehead atoms. The number of benzene rings is 1. The molecule has 1 rings (SSSR count). The summed E-state index contributed by atoms with van der Waals surface area (Å²) in [6.45, 7) is 7.00. The highest BCUT2D eigenvalue weighted by molar-refractivity contribution is 5.98. The van der Waals surface area contributed by atoms with Gasteiger partial charge in [0.05, 0.1) is 0 Å². The Hall–Kier alpha value is -1.59. The molecule has 0 aliphatic heterocycles. The van der Waals surface area contributed by atoms with Crippen LogP contribution in [-0.4, -0.2) is 30.9 Å². The molecular weight excluding hydrogens is 314 g/mol. The third kappa shape index (κ3) is 7.48. The molecule has 0 radical (unpaired) electrons. The molecule has 1 aromatic carbocycles. The van der Waals surface area contributed by atoms with Gasteiger partial charge in [0, 0.05) is 12.1 Å². The first-order chi connectivity index (χ1) is 10.5. The van der Waals surface area contributed by atoms with E-state index >= 15 is 0 Å². The Labute approximate surface area is 144 Å². The van der Waals surface area contributed by atoms with E-state index in [2.05, 4.69) is 10.6 Å². The first kappa shape index (κ1) is 21.4. The number of amides is 2. The van der Waals surface area contributed by atoms with E-state index in [0.717, 1.165) is 12.0 Å². The van der Waals surface area contributed by atoms with E-state index in [9.17, 15) is 9.59 Å². The maximum absolute atomic E-state index is 12.4. The van der Waals surface area contributed by atoms with E-state index in [4.69, 9.17) is 5.73 Å². The highest BCUT2D eigenvalue weighted by atomic mass is 35.5. The number of rotatable bonds is 8. The van der Waals surface area contributed by atoms with Crippen LogP contribution in [0.3, 0.4) is 0 Å². The Bertz CT molecular complexity index is 506.